The van der Waals surface area contributed by atoms with Gasteiger partial charge in [0.15, 0.2) is 0 Å². The Kier molecular flexibility index (Phi) is 3.42. The van der Waals surface area contributed by atoms with Crippen LogP contribution in [0.15, 0.2) is 18.2 Å². The average molecular weight is 273 g/mol. The van der Waals surface area contributed by atoms with Crippen molar-refractivity contribution in [3.05, 3.63) is 29.3 Å². The Morgan fingerprint density at radius 3 is 2.90 bits per heavy atom. The van der Waals surface area contributed by atoms with Gasteiger partial charge in [-0.1, -0.05) is 31.9 Å². The van der Waals surface area contributed by atoms with Crippen molar-refractivity contribution >= 4 is 11.7 Å². The molecule has 0 radical (unpaired) electrons. The van der Waals surface area contributed by atoms with E-state index in [0.717, 1.165) is 11.3 Å². The molecule has 2 amide bonds. The van der Waals surface area contributed by atoms with E-state index in [9.17, 15) is 4.79 Å². The van der Waals surface area contributed by atoms with Gasteiger partial charge in [-0.3, -0.25) is 0 Å². The highest BCUT2D eigenvalue weighted by molar-refractivity contribution is 5.92. The number of carbonyl (C=O) groups excluding carboxylic acids is 1. The molecule has 108 valence electrons. The second-order valence-electron chi connectivity index (χ2n) is 6.30. The predicted octanol–water partition coefficient (Wildman–Crippen LogP) is 3.10. The molecule has 1 aromatic carbocycles. The molecule has 0 saturated heterocycles. The fourth-order valence-electron chi connectivity index (χ4n) is 3.57. The Bertz CT molecular complexity index is 528. The lowest BCUT2D eigenvalue weighted by Crippen LogP contribution is -2.35. The number of nitrogens with two attached hydrogens (primary N) is 1. The molecule has 1 saturated carbocycles. The third-order valence-electron chi connectivity index (χ3n) is 4.90. The molecule has 2 aliphatic rings. The van der Waals surface area contributed by atoms with Crippen molar-refractivity contribution in [2.75, 3.05) is 12.4 Å². The van der Waals surface area contributed by atoms with Gasteiger partial charge in [-0.15, -0.1) is 0 Å². The van der Waals surface area contributed by atoms with Gasteiger partial charge in [0, 0.05) is 25.3 Å². The molecule has 1 aliphatic carbocycles. The highest BCUT2D eigenvalue weighted by Gasteiger charge is 2.30. The molecule has 4 nitrogen and oxygen atoms in total. The first-order chi connectivity index (χ1) is 9.56. The molecule has 1 fully saturated rings. The van der Waals surface area contributed by atoms with Gasteiger partial charge in [-0.2, -0.15) is 0 Å². The summed E-state index contributed by atoms with van der Waals surface area (Å²) in [6.45, 7) is 2.96. The third-order valence-corrected chi connectivity index (χ3v) is 4.90. The van der Waals surface area contributed by atoms with Gasteiger partial charge in [0.25, 0.3) is 0 Å². The van der Waals surface area contributed by atoms with E-state index in [0.29, 0.717) is 18.4 Å². The Morgan fingerprint density at radius 2 is 2.20 bits per heavy atom. The van der Waals surface area contributed by atoms with Crippen LogP contribution in [0.25, 0.3) is 0 Å². The average Bonchev–Trinajstić information content (AvgIpc) is 2.85. The van der Waals surface area contributed by atoms with Gasteiger partial charge in [0.05, 0.1) is 0 Å². The van der Waals surface area contributed by atoms with Crippen molar-refractivity contribution in [2.24, 2.45) is 17.6 Å². The van der Waals surface area contributed by atoms with Crippen LogP contribution >= 0.6 is 0 Å². The first-order valence-electron chi connectivity index (χ1n) is 7.47. The Labute approximate surface area is 120 Å². The SMILES string of the molecule is CC1CCCC1C(N)c1ccc2c(c1)CN(C)C(=O)N2. The molecule has 4 heteroatoms. The zero-order chi connectivity index (χ0) is 14.3. The number of benzene rings is 1. The number of nitrogens with one attached hydrogen (secondary N) is 1. The summed E-state index contributed by atoms with van der Waals surface area (Å²) < 4.78 is 0. The summed E-state index contributed by atoms with van der Waals surface area (Å²) in [5.41, 5.74) is 9.76. The first kappa shape index (κ1) is 13.4. The van der Waals surface area contributed by atoms with E-state index in [1.165, 1.54) is 24.8 Å². The van der Waals surface area contributed by atoms with Crippen molar-refractivity contribution in [3.8, 4) is 0 Å². The molecule has 0 bridgehead atoms. The second kappa shape index (κ2) is 5.09. The summed E-state index contributed by atoms with van der Waals surface area (Å²) in [6.07, 6.45) is 3.82. The lowest BCUT2D eigenvalue weighted by atomic mass is 9.86. The van der Waals surface area contributed by atoms with Crippen LogP contribution in [0.5, 0.6) is 0 Å². The van der Waals surface area contributed by atoms with Crippen LogP contribution in [0.4, 0.5) is 10.5 Å². The van der Waals surface area contributed by atoms with Crippen LogP contribution in [0, 0.1) is 11.8 Å². The molecular weight excluding hydrogens is 250 g/mol. The fourth-order valence-corrected chi connectivity index (χ4v) is 3.57. The number of urea groups is 1. The Balaban J connectivity index is 1.85. The minimum atomic E-state index is -0.0426. The van der Waals surface area contributed by atoms with E-state index in [1.807, 2.05) is 13.1 Å². The lowest BCUT2D eigenvalue weighted by molar-refractivity contribution is 0.218. The number of nitrogens with zero attached hydrogens (tertiary/aromatic N) is 1. The summed E-state index contributed by atoms with van der Waals surface area (Å²) in [5.74, 6) is 1.30. The van der Waals surface area contributed by atoms with Gasteiger partial charge < -0.3 is 16.0 Å². The van der Waals surface area contributed by atoms with Crippen molar-refractivity contribution in [3.63, 3.8) is 0 Å². The number of hydrogen-bond acceptors (Lipinski definition) is 2. The molecule has 3 rings (SSSR count). The number of anilines is 1. The standard InChI is InChI=1S/C16H23N3O/c1-10-4-3-5-13(10)15(17)11-6-7-14-12(8-11)9-19(2)16(20)18-14/h6-8,10,13,15H,3-5,9,17H2,1-2H3,(H,18,20). The fraction of sp³-hybridized carbons (Fsp3) is 0.562. The maximum atomic E-state index is 11.6. The molecule has 1 aromatic rings. The normalized spacial score (nSPS) is 27.1. The molecule has 0 spiro atoms. The molecule has 0 aromatic heterocycles. The van der Waals surface area contributed by atoms with Crippen LogP contribution in [-0.4, -0.2) is 18.0 Å². The number of rotatable bonds is 2. The van der Waals surface area contributed by atoms with E-state index >= 15 is 0 Å². The molecule has 20 heavy (non-hydrogen) atoms. The lowest BCUT2D eigenvalue weighted by Gasteiger charge is -2.28. The van der Waals surface area contributed by atoms with Crippen molar-refractivity contribution in [1.29, 1.82) is 0 Å². The maximum Gasteiger partial charge on any atom is 0.321 e. The number of fused-ring (bicyclic) bond motifs is 1. The summed E-state index contributed by atoms with van der Waals surface area (Å²) >= 11 is 0. The smallest absolute Gasteiger partial charge is 0.321 e. The summed E-state index contributed by atoms with van der Waals surface area (Å²) in [6, 6.07) is 6.30. The zero-order valence-electron chi connectivity index (χ0n) is 12.2. The number of amides is 2. The molecule has 3 N–H and O–H groups in total. The minimum Gasteiger partial charge on any atom is -0.324 e. The molecule has 1 aliphatic heterocycles. The largest absolute Gasteiger partial charge is 0.324 e. The second-order valence-corrected chi connectivity index (χ2v) is 6.30. The van der Waals surface area contributed by atoms with Crippen LogP contribution < -0.4 is 11.1 Å². The van der Waals surface area contributed by atoms with Crippen LogP contribution in [-0.2, 0) is 6.54 Å². The van der Waals surface area contributed by atoms with E-state index in [2.05, 4.69) is 24.4 Å². The molecule has 1 heterocycles. The van der Waals surface area contributed by atoms with Gasteiger partial charge in [0.1, 0.15) is 0 Å². The minimum absolute atomic E-state index is 0.0426. The highest BCUT2D eigenvalue weighted by atomic mass is 16.2. The van der Waals surface area contributed by atoms with Crippen molar-refractivity contribution in [2.45, 2.75) is 38.8 Å². The highest BCUT2D eigenvalue weighted by Crippen LogP contribution is 2.39. The Morgan fingerprint density at radius 1 is 1.40 bits per heavy atom. The van der Waals surface area contributed by atoms with Crippen molar-refractivity contribution in [1.82, 2.24) is 4.90 Å². The van der Waals surface area contributed by atoms with Gasteiger partial charge in [0.2, 0.25) is 0 Å². The zero-order valence-corrected chi connectivity index (χ0v) is 12.2. The number of carbonyl (C=O) groups is 1. The quantitative estimate of drug-likeness (QED) is 0.870. The third kappa shape index (κ3) is 2.29. The van der Waals surface area contributed by atoms with Gasteiger partial charge >= 0.3 is 6.03 Å². The predicted molar refractivity (Wildman–Crippen MR) is 80.4 cm³/mol. The summed E-state index contributed by atoms with van der Waals surface area (Å²) in [4.78, 5) is 13.3. The summed E-state index contributed by atoms with van der Waals surface area (Å²) in [7, 11) is 1.81. The van der Waals surface area contributed by atoms with E-state index in [4.69, 9.17) is 5.73 Å². The monoisotopic (exact) mass is 273 g/mol. The summed E-state index contributed by atoms with van der Waals surface area (Å²) in [5, 5.41) is 2.90. The number of hydrogen-bond donors (Lipinski definition) is 2. The van der Waals surface area contributed by atoms with E-state index in [-0.39, 0.29) is 12.1 Å². The van der Waals surface area contributed by atoms with Crippen LogP contribution in [0.2, 0.25) is 0 Å². The first-order valence-corrected chi connectivity index (χ1v) is 7.47. The molecule has 3 unspecified atom stereocenters. The van der Waals surface area contributed by atoms with Gasteiger partial charge in [-0.05, 0) is 35.4 Å². The van der Waals surface area contributed by atoms with Crippen molar-refractivity contribution < 1.29 is 4.79 Å². The molecular formula is C16H23N3O. The van der Waals surface area contributed by atoms with Gasteiger partial charge in [-0.25, -0.2) is 4.79 Å². The maximum absolute atomic E-state index is 11.6. The Hall–Kier alpha value is -1.55. The van der Waals surface area contributed by atoms with Crippen LogP contribution in [0.1, 0.15) is 43.4 Å². The van der Waals surface area contributed by atoms with Crippen LogP contribution in [0.3, 0.4) is 0 Å². The topological polar surface area (TPSA) is 58.4 Å². The molecule has 3 atom stereocenters. The van der Waals surface area contributed by atoms with E-state index < -0.39 is 0 Å². The van der Waals surface area contributed by atoms with E-state index in [1.54, 1.807) is 4.90 Å².